The fourth-order valence-corrected chi connectivity index (χ4v) is 3.88. The third kappa shape index (κ3) is 3.30. The maximum atomic E-state index is 6.18. The summed E-state index contributed by atoms with van der Waals surface area (Å²) < 4.78 is 5.88. The van der Waals surface area contributed by atoms with Gasteiger partial charge in [0.2, 0.25) is 0 Å². The number of hydrogen-bond donors (Lipinski definition) is 1. The number of nitrogens with zero attached hydrogens (tertiary/aromatic N) is 2. The summed E-state index contributed by atoms with van der Waals surface area (Å²) in [4.78, 5) is 5.01. The molecule has 1 unspecified atom stereocenters. The van der Waals surface area contributed by atoms with Gasteiger partial charge in [-0.15, -0.1) is 0 Å². The highest BCUT2D eigenvalue weighted by atomic mass is 16.5. The van der Waals surface area contributed by atoms with Crippen molar-refractivity contribution in [3.05, 3.63) is 0 Å². The van der Waals surface area contributed by atoms with Crippen molar-refractivity contribution in [2.45, 2.75) is 56.7 Å². The van der Waals surface area contributed by atoms with Crippen LogP contribution in [-0.2, 0) is 4.74 Å². The van der Waals surface area contributed by atoms with Crippen molar-refractivity contribution in [3.8, 4) is 0 Å². The van der Waals surface area contributed by atoms with Crippen molar-refractivity contribution in [2.24, 2.45) is 5.73 Å². The van der Waals surface area contributed by atoms with Gasteiger partial charge in [-0.2, -0.15) is 0 Å². The summed E-state index contributed by atoms with van der Waals surface area (Å²) in [6.45, 7) is 8.35. The van der Waals surface area contributed by atoms with E-state index in [1.54, 1.807) is 0 Å². The molecule has 2 N–H and O–H groups in total. The van der Waals surface area contributed by atoms with Crippen LogP contribution in [0.4, 0.5) is 0 Å². The normalized spacial score (nSPS) is 33.8. The molecule has 1 atom stereocenters. The molecule has 0 aromatic rings. The van der Waals surface area contributed by atoms with Gasteiger partial charge in [0.1, 0.15) is 0 Å². The zero-order chi connectivity index (χ0) is 14.1. The molecule has 0 aromatic carbocycles. The maximum Gasteiger partial charge on any atom is 0.0644 e. The fraction of sp³-hybridized carbons (Fsp3) is 1.00. The van der Waals surface area contributed by atoms with E-state index < -0.39 is 0 Å². The molecular formula is C15H31N3O. The van der Waals surface area contributed by atoms with Crippen LogP contribution in [-0.4, -0.2) is 67.3 Å². The SMILES string of the molecule is CN(C)C1CCN(C2(CN)CCOC(C)(C)C2)CC1. The van der Waals surface area contributed by atoms with Crippen LogP contribution in [0.2, 0.25) is 0 Å². The number of likely N-dealkylation sites (tertiary alicyclic amines) is 1. The van der Waals surface area contributed by atoms with E-state index in [2.05, 4.69) is 37.7 Å². The highest BCUT2D eigenvalue weighted by Crippen LogP contribution is 2.37. The van der Waals surface area contributed by atoms with E-state index >= 15 is 0 Å². The third-order valence-electron chi connectivity index (χ3n) is 5.06. The monoisotopic (exact) mass is 269 g/mol. The van der Waals surface area contributed by atoms with Crippen LogP contribution in [0.3, 0.4) is 0 Å². The zero-order valence-electron chi connectivity index (χ0n) is 13.1. The molecule has 0 aliphatic carbocycles. The molecule has 2 rings (SSSR count). The Balaban J connectivity index is 2.02. The predicted molar refractivity (Wildman–Crippen MR) is 79.3 cm³/mol. The second-order valence-corrected chi connectivity index (χ2v) is 7.15. The maximum absolute atomic E-state index is 6.18. The molecule has 2 fully saturated rings. The lowest BCUT2D eigenvalue weighted by molar-refractivity contribution is -0.123. The number of piperidine rings is 1. The van der Waals surface area contributed by atoms with Gasteiger partial charge in [-0.1, -0.05) is 0 Å². The topological polar surface area (TPSA) is 41.7 Å². The van der Waals surface area contributed by atoms with Gasteiger partial charge < -0.3 is 15.4 Å². The summed E-state index contributed by atoms with van der Waals surface area (Å²) in [5.41, 5.74) is 6.31. The smallest absolute Gasteiger partial charge is 0.0644 e. The molecule has 4 nitrogen and oxygen atoms in total. The van der Waals surface area contributed by atoms with Gasteiger partial charge in [0.25, 0.3) is 0 Å². The van der Waals surface area contributed by atoms with Crippen LogP contribution in [0, 0.1) is 0 Å². The van der Waals surface area contributed by atoms with Crippen LogP contribution >= 0.6 is 0 Å². The lowest BCUT2D eigenvalue weighted by Gasteiger charge is -2.53. The van der Waals surface area contributed by atoms with Gasteiger partial charge in [0.05, 0.1) is 5.60 Å². The first-order valence-corrected chi connectivity index (χ1v) is 7.64. The molecular weight excluding hydrogens is 238 g/mol. The average Bonchev–Trinajstić information content (AvgIpc) is 2.37. The van der Waals surface area contributed by atoms with Crippen molar-refractivity contribution in [1.29, 1.82) is 0 Å². The minimum absolute atomic E-state index is 0.0317. The van der Waals surface area contributed by atoms with Crippen LogP contribution in [0.1, 0.15) is 39.5 Å². The van der Waals surface area contributed by atoms with Crippen LogP contribution in [0.15, 0.2) is 0 Å². The molecule has 0 spiro atoms. The lowest BCUT2D eigenvalue weighted by Crippen LogP contribution is -2.62. The highest BCUT2D eigenvalue weighted by Gasteiger charge is 2.44. The molecule has 19 heavy (non-hydrogen) atoms. The van der Waals surface area contributed by atoms with Crippen molar-refractivity contribution in [3.63, 3.8) is 0 Å². The molecule has 0 bridgehead atoms. The average molecular weight is 269 g/mol. The largest absolute Gasteiger partial charge is 0.375 e. The standard InChI is InChI=1S/C15H31N3O/c1-14(2)11-15(12-16,7-10-19-14)18-8-5-13(6-9-18)17(3)4/h13H,5-12,16H2,1-4H3. The van der Waals surface area contributed by atoms with Crippen molar-refractivity contribution < 1.29 is 4.74 Å². The summed E-state index contributed by atoms with van der Waals surface area (Å²) in [6, 6.07) is 0.735. The molecule has 2 heterocycles. The molecule has 2 aliphatic rings. The second-order valence-electron chi connectivity index (χ2n) is 7.15. The van der Waals surface area contributed by atoms with Crippen LogP contribution in [0.5, 0.6) is 0 Å². The third-order valence-corrected chi connectivity index (χ3v) is 5.06. The Morgan fingerprint density at radius 3 is 2.37 bits per heavy atom. The minimum Gasteiger partial charge on any atom is -0.375 e. The van der Waals surface area contributed by atoms with E-state index in [-0.39, 0.29) is 11.1 Å². The van der Waals surface area contributed by atoms with E-state index in [4.69, 9.17) is 10.5 Å². The van der Waals surface area contributed by atoms with Crippen molar-refractivity contribution >= 4 is 0 Å². The number of nitrogens with two attached hydrogens (primary N) is 1. The Morgan fingerprint density at radius 2 is 1.89 bits per heavy atom. The van der Waals surface area contributed by atoms with Crippen LogP contribution in [0.25, 0.3) is 0 Å². The van der Waals surface area contributed by atoms with E-state index in [0.29, 0.717) is 0 Å². The minimum atomic E-state index is -0.0317. The predicted octanol–water partition coefficient (Wildman–Crippen LogP) is 1.30. The summed E-state index contributed by atoms with van der Waals surface area (Å²) in [5.74, 6) is 0. The summed E-state index contributed by atoms with van der Waals surface area (Å²) >= 11 is 0. The molecule has 0 radical (unpaired) electrons. The van der Waals surface area contributed by atoms with Crippen molar-refractivity contribution in [1.82, 2.24) is 9.80 Å². The molecule has 2 aliphatic heterocycles. The Labute approximate surface area is 118 Å². The first-order chi connectivity index (χ1) is 8.88. The first kappa shape index (κ1) is 15.2. The number of ether oxygens (including phenoxy) is 1. The van der Waals surface area contributed by atoms with Crippen LogP contribution < -0.4 is 5.73 Å². The second kappa shape index (κ2) is 5.68. The van der Waals surface area contributed by atoms with Gasteiger partial charge in [-0.25, -0.2) is 0 Å². The van der Waals surface area contributed by atoms with E-state index in [1.165, 1.54) is 25.9 Å². The molecule has 0 saturated carbocycles. The van der Waals surface area contributed by atoms with E-state index in [1.807, 2.05) is 0 Å². The number of hydrogen-bond acceptors (Lipinski definition) is 4. The van der Waals surface area contributed by atoms with Crippen molar-refractivity contribution in [2.75, 3.05) is 40.3 Å². The fourth-order valence-electron chi connectivity index (χ4n) is 3.88. The van der Waals surface area contributed by atoms with Gasteiger partial charge in [-0.3, -0.25) is 4.90 Å². The molecule has 112 valence electrons. The Hall–Kier alpha value is -0.160. The van der Waals surface area contributed by atoms with Gasteiger partial charge in [0, 0.05) is 37.8 Å². The molecule has 0 amide bonds. The molecule has 0 aromatic heterocycles. The molecule has 2 saturated heterocycles. The van der Waals surface area contributed by atoms with E-state index in [9.17, 15) is 0 Å². The Kier molecular flexibility index (Phi) is 4.56. The molecule has 4 heteroatoms. The van der Waals surface area contributed by atoms with Gasteiger partial charge >= 0.3 is 0 Å². The quantitative estimate of drug-likeness (QED) is 0.838. The highest BCUT2D eigenvalue weighted by molar-refractivity contribution is 5.01. The van der Waals surface area contributed by atoms with Gasteiger partial charge in [0.15, 0.2) is 0 Å². The number of rotatable bonds is 3. The summed E-state index contributed by atoms with van der Waals surface area (Å²) in [6.07, 6.45) is 4.66. The van der Waals surface area contributed by atoms with Gasteiger partial charge in [-0.05, 0) is 53.6 Å². The lowest BCUT2D eigenvalue weighted by atomic mass is 9.78. The summed E-state index contributed by atoms with van der Waals surface area (Å²) in [5, 5.41) is 0. The Morgan fingerprint density at radius 1 is 1.26 bits per heavy atom. The first-order valence-electron chi connectivity index (χ1n) is 7.64. The van der Waals surface area contributed by atoms with E-state index in [0.717, 1.165) is 32.0 Å². The summed E-state index contributed by atoms with van der Waals surface area (Å²) in [7, 11) is 4.38. The zero-order valence-corrected chi connectivity index (χ0v) is 13.1. The Bertz CT molecular complexity index is 298.